The molecule has 0 bridgehead atoms. The summed E-state index contributed by atoms with van der Waals surface area (Å²) in [5.41, 5.74) is 7.47. The first-order valence-electron chi connectivity index (χ1n) is 7.04. The Morgan fingerprint density at radius 3 is 2.57 bits per heavy atom. The van der Waals surface area contributed by atoms with E-state index in [1.54, 1.807) is 36.9 Å². The van der Waals surface area contributed by atoms with E-state index in [1.165, 1.54) is 12.1 Å². The van der Waals surface area contributed by atoms with E-state index in [0.29, 0.717) is 11.6 Å². The fourth-order valence-corrected chi connectivity index (χ4v) is 2.24. The van der Waals surface area contributed by atoms with Gasteiger partial charge in [-0.15, -0.1) is 0 Å². The second kappa shape index (κ2) is 6.35. The van der Waals surface area contributed by atoms with Crippen LogP contribution in [0.4, 0.5) is 22.0 Å². The Morgan fingerprint density at radius 2 is 1.87 bits per heavy atom. The molecule has 0 aliphatic rings. The highest BCUT2D eigenvalue weighted by Crippen LogP contribution is 2.30. The first-order valence-corrected chi connectivity index (χ1v) is 7.04. The fraction of sp³-hybridized carbons (Fsp3) is 0.125. The SMILES string of the molecule is CC(c1ccc(F)cc1)c1cnc(N)nc1Nc1cnccn1. The van der Waals surface area contributed by atoms with Gasteiger partial charge in [0, 0.05) is 30.1 Å². The average Bonchev–Trinajstić information content (AvgIpc) is 2.56. The number of benzene rings is 1. The lowest BCUT2D eigenvalue weighted by atomic mass is 9.94. The van der Waals surface area contributed by atoms with Gasteiger partial charge < -0.3 is 11.1 Å². The highest BCUT2D eigenvalue weighted by Gasteiger charge is 2.16. The summed E-state index contributed by atoms with van der Waals surface area (Å²) in [7, 11) is 0. The van der Waals surface area contributed by atoms with Crippen LogP contribution in [0.3, 0.4) is 0 Å². The zero-order valence-electron chi connectivity index (χ0n) is 12.4. The monoisotopic (exact) mass is 310 g/mol. The second-order valence-corrected chi connectivity index (χ2v) is 5.02. The molecule has 0 spiro atoms. The van der Waals surface area contributed by atoms with Crippen LogP contribution < -0.4 is 11.1 Å². The third-order valence-electron chi connectivity index (χ3n) is 3.48. The van der Waals surface area contributed by atoms with E-state index >= 15 is 0 Å². The Kier molecular flexibility index (Phi) is 4.09. The molecule has 3 aromatic rings. The smallest absolute Gasteiger partial charge is 0.221 e. The van der Waals surface area contributed by atoms with E-state index in [2.05, 4.69) is 25.3 Å². The first-order chi connectivity index (χ1) is 11.1. The molecule has 2 heterocycles. The van der Waals surface area contributed by atoms with Gasteiger partial charge >= 0.3 is 0 Å². The first kappa shape index (κ1) is 14.8. The topological polar surface area (TPSA) is 89.6 Å². The summed E-state index contributed by atoms with van der Waals surface area (Å²) in [4.78, 5) is 16.5. The number of nitrogens with two attached hydrogens (primary N) is 1. The van der Waals surface area contributed by atoms with E-state index in [-0.39, 0.29) is 17.7 Å². The molecule has 2 aromatic heterocycles. The number of rotatable bonds is 4. The molecule has 1 unspecified atom stereocenters. The average molecular weight is 310 g/mol. The van der Waals surface area contributed by atoms with Gasteiger partial charge in [0.05, 0.1) is 6.20 Å². The third kappa shape index (κ3) is 3.39. The second-order valence-electron chi connectivity index (χ2n) is 5.02. The van der Waals surface area contributed by atoms with Crippen molar-refractivity contribution in [1.82, 2.24) is 19.9 Å². The van der Waals surface area contributed by atoms with Crippen LogP contribution in [0.5, 0.6) is 0 Å². The molecule has 0 radical (unpaired) electrons. The summed E-state index contributed by atoms with van der Waals surface area (Å²) >= 11 is 0. The minimum Gasteiger partial charge on any atom is -0.368 e. The Morgan fingerprint density at radius 1 is 1.09 bits per heavy atom. The van der Waals surface area contributed by atoms with Gasteiger partial charge in [-0.25, -0.2) is 14.4 Å². The molecule has 3 rings (SSSR count). The van der Waals surface area contributed by atoms with Crippen LogP contribution in [0.25, 0.3) is 0 Å². The molecule has 0 saturated heterocycles. The molecule has 0 fully saturated rings. The summed E-state index contributed by atoms with van der Waals surface area (Å²) in [6.45, 7) is 1.99. The van der Waals surface area contributed by atoms with Gasteiger partial charge in [0.2, 0.25) is 5.95 Å². The maximum absolute atomic E-state index is 13.1. The summed E-state index contributed by atoms with van der Waals surface area (Å²) in [5, 5.41) is 3.10. The Bertz CT molecular complexity index is 791. The van der Waals surface area contributed by atoms with Gasteiger partial charge in [-0.2, -0.15) is 4.98 Å². The molecule has 1 atom stereocenters. The lowest BCUT2D eigenvalue weighted by Crippen LogP contribution is -2.08. The van der Waals surface area contributed by atoms with E-state index in [0.717, 1.165) is 11.1 Å². The van der Waals surface area contributed by atoms with Crippen LogP contribution in [0.1, 0.15) is 24.0 Å². The normalized spacial score (nSPS) is 11.9. The molecule has 0 aliphatic heterocycles. The highest BCUT2D eigenvalue weighted by atomic mass is 19.1. The lowest BCUT2D eigenvalue weighted by Gasteiger charge is -2.16. The van der Waals surface area contributed by atoms with E-state index < -0.39 is 0 Å². The molecular formula is C16H15FN6. The van der Waals surface area contributed by atoms with Crippen molar-refractivity contribution in [3.63, 3.8) is 0 Å². The number of nitrogen functional groups attached to an aromatic ring is 1. The standard InChI is InChI=1S/C16H15FN6/c1-10(11-2-4-12(17)5-3-11)13-8-21-16(18)23-15(13)22-14-9-19-6-7-20-14/h2-10H,1H3,(H3,18,20,21,22,23). The number of nitrogens with zero attached hydrogens (tertiary/aromatic N) is 4. The molecule has 0 aliphatic carbocycles. The van der Waals surface area contributed by atoms with Gasteiger partial charge in [-0.1, -0.05) is 19.1 Å². The Labute approximate surface area is 132 Å². The molecule has 6 nitrogen and oxygen atoms in total. The van der Waals surface area contributed by atoms with Gasteiger partial charge in [0.15, 0.2) is 0 Å². The van der Waals surface area contributed by atoms with Crippen molar-refractivity contribution >= 4 is 17.6 Å². The van der Waals surface area contributed by atoms with E-state index in [1.807, 2.05) is 6.92 Å². The quantitative estimate of drug-likeness (QED) is 0.770. The highest BCUT2D eigenvalue weighted by molar-refractivity contribution is 5.58. The maximum Gasteiger partial charge on any atom is 0.221 e. The van der Waals surface area contributed by atoms with Crippen LogP contribution in [0, 0.1) is 5.82 Å². The molecule has 116 valence electrons. The maximum atomic E-state index is 13.1. The van der Waals surface area contributed by atoms with Crippen LogP contribution in [-0.4, -0.2) is 19.9 Å². The van der Waals surface area contributed by atoms with Crippen molar-refractivity contribution in [3.05, 3.63) is 66.0 Å². The summed E-state index contributed by atoms with van der Waals surface area (Å²) in [5.74, 6) is 0.946. The van der Waals surface area contributed by atoms with Gasteiger partial charge in [-0.3, -0.25) is 4.98 Å². The number of aromatic nitrogens is 4. The fourth-order valence-electron chi connectivity index (χ4n) is 2.24. The van der Waals surface area contributed by atoms with Crippen molar-refractivity contribution in [1.29, 1.82) is 0 Å². The van der Waals surface area contributed by atoms with Crippen LogP contribution in [0.2, 0.25) is 0 Å². The number of hydrogen-bond acceptors (Lipinski definition) is 6. The zero-order chi connectivity index (χ0) is 16.2. The molecular weight excluding hydrogens is 295 g/mol. The van der Waals surface area contributed by atoms with E-state index in [4.69, 9.17) is 5.73 Å². The molecule has 0 saturated carbocycles. The molecule has 23 heavy (non-hydrogen) atoms. The molecule has 0 amide bonds. The number of hydrogen-bond donors (Lipinski definition) is 2. The van der Waals surface area contributed by atoms with Gasteiger partial charge in [-0.05, 0) is 17.7 Å². The summed E-state index contributed by atoms with van der Waals surface area (Å²) < 4.78 is 13.1. The van der Waals surface area contributed by atoms with Gasteiger partial charge in [0.1, 0.15) is 17.5 Å². The van der Waals surface area contributed by atoms with Crippen LogP contribution >= 0.6 is 0 Å². The van der Waals surface area contributed by atoms with Crippen molar-refractivity contribution in [2.24, 2.45) is 0 Å². The molecule has 7 heteroatoms. The zero-order valence-corrected chi connectivity index (χ0v) is 12.4. The summed E-state index contributed by atoms with van der Waals surface area (Å²) in [6, 6.07) is 6.34. The number of anilines is 3. The predicted molar refractivity (Wildman–Crippen MR) is 85.7 cm³/mol. The van der Waals surface area contributed by atoms with Crippen LogP contribution in [0.15, 0.2) is 49.1 Å². The number of halogens is 1. The Hall–Kier alpha value is -3.09. The lowest BCUT2D eigenvalue weighted by molar-refractivity contribution is 0.626. The van der Waals surface area contributed by atoms with Gasteiger partial charge in [0.25, 0.3) is 0 Å². The summed E-state index contributed by atoms with van der Waals surface area (Å²) in [6.07, 6.45) is 6.41. The molecule has 1 aromatic carbocycles. The Balaban J connectivity index is 1.96. The van der Waals surface area contributed by atoms with Crippen molar-refractivity contribution in [3.8, 4) is 0 Å². The van der Waals surface area contributed by atoms with E-state index in [9.17, 15) is 4.39 Å². The molecule has 3 N–H and O–H groups in total. The largest absolute Gasteiger partial charge is 0.368 e. The van der Waals surface area contributed by atoms with Crippen molar-refractivity contribution in [2.75, 3.05) is 11.1 Å². The van der Waals surface area contributed by atoms with Crippen LogP contribution in [-0.2, 0) is 0 Å². The van der Waals surface area contributed by atoms with Crippen molar-refractivity contribution in [2.45, 2.75) is 12.8 Å². The minimum absolute atomic E-state index is 0.0460. The predicted octanol–water partition coefficient (Wildman–Crippen LogP) is 2.88. The van der Waals surface area contributed by atoms with Crippen molar-refractivity contribution < 1.29 is 4.39 Å². The minimum atomic E-state index is -0.271. The third-order valence-corrected chi connectivity index (χ3v) is 3.48. The number of nitrogens with one attached hydrogen (secondary N) is 1.